The van der Waals surface area contributed by atoms with Crippen molar-refractivity contribution in [3.8, 4) is 11.8 Å². The molecule has 5 heteroatoms. The first-order valence-electron chi connectivity index (χ1n) is 7.12. The number of aromatic nitrogens is 2. The van der Waals surface area contributed by atoms with E-state index in [9.17, 15) is 0 Å². The predicted molar refractivity (Wildman–Crippen MR) is 82.9 cm³/mol. The first-order chi connectivity index (χ1) is 10.1. The van der Waals surface area contributed by atoms with Crippen LogP contribution in [0.1, 0.15) is 29.7 Å². The minimum absolute atomic E-state index is 0.327. The second kappa shape index (κ2) is 6.00. The van der Waals surface area contributed by atoms with Gasteiger partial charge in [-0.2, -0.15) is 4.98 Å². The molecular weight excluding hydrogens is 286 g/mol. The van der Waals surface area contributed by atoms with Crippen molar-refractivity contribution < 1.29 is 4.74 Å². The van der Waals surface area contributed by atoms with Gasteiger partial charge in [-0.25, -0.2) is 4.98 Å². The summed E-state index contributed by atoms with van der Waals surface area (Å²) >= 11 is 6.15. The number of nitrogens with one attached hydrogen (secondary N) is 1. The molecule has 0 unspecified atom stereocenters. The molecule has 1 aromatic carbocycles. The first kappa shape index (κ1) is 14.3. The molecule has 0 spiro atoms. The molecule has 0 atom stereocenters. The minimum Gasteiger partial charge on any atom is -0.423 e. The van der Waals surface area contributed by atoms with Crippen LogP contribution in [-0.4, -0.2) is 16.0 Å². The summed E-state index contributed by atoms with van der Waals surface area (Å²) in [5, 5.41) is 4.02. The fourth-order valence-electron chi connectivity index (χ4n) is 2.02. The molecule has 110 valence electrons. The molecule has 0 radical (unpaired) electrons. The van der Waals surface area contributed by atoms with Gasteiger partial charge in [-0.05, 0) is 44.4 Å². The van der Waals surface area contributed by atoms with Crippen molar-refractivity contribution >= 4 is 11.6 Å². The Morgan fingerprint density at radius 3 is 2.81 bits per heavy atom. The van der Waals surface area contributed by atoms with Gasteiger partial charge in [0, 0.05) is 30.0 Å². The van der Waals surface area contributed by atoms with Gasteiger partial charge in [-0.3, -0.25) is 0 Å². The van der Waals surface area contributed by atoms with Crippen LogP contribution in [0.2, 0.25) is 5.02 Å². The number of nitrogens with zero attached hydrogens (tertiary/aromatic N) is 2. The third-order valence-corrected chi connectivity index (χ3v) is 3.80. The Morgan fingerprint density at radius 2 is 2.14 bits per heavy atom. The maximum absolute atomic E-state index is 6.15. The lowest BCUT2D eigenvalue weighted by Gasteiger charge is -2.09. The maximum atomic E-state index is 6.15. The van der Waals surface area contributed by atoms with Gasteiger partial charge in [0.05, 0.1) is 5.02 Å². The highest BCUT2D eigenvalue weighted by Crippen LogP contribution is 2.28. The largest absolute Gasteiger partial charge is 0.423 e. The van der Waals surface area contributed by atoms with Crippen LogP contribution in [-0.2, 0) is 6.54 Å². The highest BCUT2D eigenvalue weighted by Gasteiger charge is 2.20. The van der Waals surface area contributed by atoms with Gasteiger partial charge in [-0.15, -0.1) is 0 Å². The van der Waals surface area contributed by atoms with Crippen molar-refractivity contribution in [3.63, 3.8) is 0 Å². The topological polar surface area (TPSA) is 47.0 Å². The lowest BCUT2D eigenvalue weighted by molar-refractivity contribution is 0.439. The number of halogens is 1. The third-order valence-electron chi connectivity index (χ3n) is 3.51. The number of rotatable bonds is 5. The van der Waals surface area contributed by atoms with Crippen LogP contribution in [0.4, 0.5) is 0 Å². The average Bonchev–Trinajstić information content (AvgIpc) is 3.25. The summed E-state index contributed by atoms with van der Waals surface area (Å²) in [7, 11) is 0. The van der Waals surface area contributed by atoms with Gasteiger partial charge in [-0.1, -0.05) is 17.7 Å². The van der Waals surface area contributed by atoms with E-state index in [0.29, 0.717) is 22.8 Å². The number of hydrogen-bond acceptors (Lipinski definition) is 4. The zero-order valence-electron chi connectivity index (χ0n) is 12.2. The van der Waals surface area contributed by atoms with E-state index >= 15 is 0 Å². The van der Waals surface area contributed by atoms with Gasteiger partial charge in [0.15, 0.2) is 0 Å². The monoisotopic (exact) mass is 303 g/mol. The molecule has 21 heavy (non-hydrogen) atoms. The zero-order chi connectivity index (χ0) is 14.8. The molecule has 0 saturated heterocycles. The molecule has 1 aliphatic rings. The minimum atomic E-state index is 0.327. The average molecular weight is 304 g/mol. The van der Waals surface area contributed by atoms with E-state index in [1.807, 2.05) is 38.2 Å². The number of ether oxygens (including phenoxy) is 1. The van der Waals surface area contributed by atoms with Crippen molar-refractivity contribution in [3.05, 3.63) is 46.2 Å². The fourth-order valence-corrected chi connectivity index (χ4v) is 2.30. The summed E-state index contributed by atoms with van der Waals surface area (Å²) in [5.41, 5.74) is 3.12. The maximum Gasteiger partial charge on any atom is 0.322 e. The molecule has 3 rings (SSSR count). The second-order valence-corrected chi connectivity index (χ2v) is 5.86. The smallest absolute Gasteiger partial charge is 0.322 e. The molecule has 0 bridgehead atoms. The summed E-state index contributed by atoms with van der Waals surface area (Å²) in [6, 6.07) is 6.64. The molecule has 4 nitrogen and oxygen atoms in total. The summed E-state index contributed by atoms with van der Waals surface area (Å²) in [6.45, 7) is 4.76. The van der Waals surface area contributed by atoms with Gasteiger partial charge in [0.1, 0.15) is 5.75 Å². The van der Waals surface area contributed by atoms with E-state index in [1.165, 1.54) is 12.8 Å². The van der Waals surface area contributed by atoms with Crippen LogP contribution in [0.15, 0.2) is 24.4 Å². The second-order valence-electron chi connectivity index (χ2n) is 5.45. The molecule has 0 amide bonds. The van der Waals surface area contributed by atoms with Crippen LogP contribution in [0.5, 0.6) is 11.8 Å². The number of hydrogen-bond donors (Lipinski definition) is 1. The van der Waals surface area contributed by atoms with Crippen molar-refractivity contribution in [2.24, 2.45) is 0 Å². The van der Waals surface area contributed by atoms with Crippen molar-refractivity contribution in [1.82, 2.24) is 15.3 Å². The Bertz CT molecular complexity index is 656. The molecule has 0 aliphatic heterocycles. The van der Waals surface area contributed by atoms with Gasteiger partial charge in [0.2, 0.25) is 0 Å². The Balaban J connectivity index is 1.71. The Hall–Kier alpha value is -1.65. The highest BCUT2D eigenvalue weighted by molar-refractivity contribution is 6.32. The Labute approximate surface area is 129 Å². The van der Waals surface area contributed by atoms with E-state index in [1.54, 1.807) is 0 Å². The third kappa shape index (κ3) is 3.71. The van der Waals surface area contributed by atoms with Crippen molar-refractivity contribution in [2.75, 3.05) is 0 Å². The SMILES string of the molecule is Cc1ccc(Oc2ncc(CNC3CC3)c(C)n2)c(Cl)c1. The molecule has 2 aromatic rings. The molecule has 1 N–H and O–H groups in total. The Morgan fingerprint density at radius 1 is 1.33 bits per heavy atom. The summed E-state index contributed by atoms with van der Waals surface area (Å²) in [4.78, 5) is 8.66. The standard InChI is InChI=1S/C16H18ClN3O/c1-10-3-6-15(14(17)7-10)21-16-19-9-12(11(2)20-16)8-18-13-4-5-13/h3,6-7,9,13,18H,4-5,8H2,1-2H3. The lowest BCUT2D eigenvalue weighted by Crippen LogP contribution is -2.16. The molecule has 1 heterocycles. The van der Waals surface area contributed by atoms with E-state index < -0.39 is 0 Å². The van der Waals surface area contributed by atoms with Crippen molar-refractivity contribution in [2.45, 2.75) is 39.3 Å². The first-order valence-corrected chi connectivity index (χ1v) is 7.49. The zero-order valence-corrected chi connectivity index (χ0v) is 12.9. The van der Waals surface area contributed by atoms with Crippen LogP contribution in [0.25, 0.3) is 0 Å². The molecule has 1 aromatic heterocycles. The summed E-state index contributed by atoms with van der Waals surface area (Å²) in [6.07, 6.45) is 4.36. The molecule has 1 saturated carbocycles. The van der Waals surface area contributed by atoms with Crippen LogP contribution < -0.4 is 10.1 Å². The normalized spacial score (nSPS) is 14.2. The molecule has 1 aliphatic carbocycles. The van der Waals surface area contributed by atoms with E-state index in [2.05, 4.69) is 15.3 Å². The Kier molecular flexibility index (Phi) is 4.08. The quantitative estimate of drug-likeness (QED) is 0.913. The van der Waals surface area contributed by atoms with Crippen LogP contribution in [0.3, 0.4) is 0 Å². The van der Waals surface area contributed by atoms with Crippen LogP contribution in [0, 0.1) is 13.8 Å². The van der Waals surface area contributed by atoms with Crippen LogP contribution >= 0.6 is 11.6 Å². The highest BCUT2D eigenvalue weighted by atomic mass is 35.5. The van der Waals surface area contributed by atoms with E-state index in [4.69, 9.17) is 16.3 Å². The number of aryl methyl sites for hydroxylation is 2. The summed E-state index contributed by atoms with van der Waals surface area (Å²) < 4.78 is 5.66. The van der Waals surface area contributed by atoms with Gasteiger partial charge in [0.25, 0.3) is 0 Å². The predicted octanol–water partition coefficient (Wildman–Crippen LogP) is 3.79. The molecule has 1 fully saturated rings. The van der Waals surface area contributed by atoms with Gasteiger partial charge < -0.3 is 10.1 Å². The summed E-state index contributed by atoms with van der Waals surface area (Å²) in [5.74, 6) is 0.575. The molecular formula is C16H18ClN3O. The number of benzene rings is 1. The van der Waals surface area contributed by atoms with E-state index in [-0.39, 0.29) is 0 Å². The van der Waals surface area contributed by atoms with Crippen molar-refractivity contribution in [1.29, 1.82) is 0 Å². The lowest BCUT2D eigenvalue weighted by atomic mass is 10.2. The van der Waals surface area contributed by atoms with Gasteiger partial charge >= 0.3 is 6.01 Å². The van der Waals surface area contributed by atoms with E-state index in [0.717, 1.165) is 23.4 Å². The fraction of sp³-hybridized carbons (Fsp3) is 0.375.